The summed E-state index contributed by atoms with van der Waals surface area (Å²) < 4.78 is 11.2. The lowest BCUT2D eigenvalue weighted by molar-refractivity contribution is 0.0639. The highest BCUT2D eigenvalue weighted by Crippen LogP contribution is 2.23. The van der Waals surface area contributed by atoms with Crippen molar-refractivity contribution in [1.29, 1.82) is 10.8 Å². The molecule has 1 amide bonds. The zero-order chi connectivity index (χ0) is 50.5. The molecule has 6 aromatic rings. The Morgan fingerprint density at radius 2 is 1.11 bits per heavy atom. The first-order valence-electron chi connectivity index (χ1n) is 24.3. The minimum absolute atomic E-state index is 0.00931. The maximum Gasteiger partial charge on any atom is 0.253 e. The van der Waals surface area contributed by atoms with Crippen LogP contribution >= 0.6 is 24.4 Å². The molecule has 3 aliphatic rings. The summed E-state index contributed by atoms with van der Waals surface area (Å²) in [6, 6.07) is 32.3. The van der Waals surface area contributed by atoms with Crippen LogP contribution < -0.4 is 21.3 Å². The van der Waals surface area contributed by atoms with Crippen molar-refractivity contribution in [2.24, 2.45) is 9.98 Å². The van der Waals surface area contributed by atoms with Gasteiger partial charge in [-0.1, -0.05) is 0 Å². The summed E-state index contributed by atoms with van der Waals surface area (Å²) in [5.74, 6) is 1.74. The molecule has 73 heavy (non-hydrogen) atoms. The summed E-state index contributed by atoms with van der Waals surface area (Å²) in [7, 11) is 2.14. The summed E-state index contributed by atoms with van der Waals surface area (Å²) in [6.07, 6.45) is 8.98. The number of nitrogens with one attached hydrogen (secondary N) is 8. The van der Waals surface area contributed by atoms with E-state index in [0.29, 0.717) is 104 Å². The summed E-state index contributed by atoms with van der Waals surface area (Å²) in [4.78, 5) is 42.6. The van der Waals surface area contributed by atoms with Crippen LogP contribution in [0.15, 0.2) is 138 Å². The van der Waals surface area contributed by atoms with E-state index < -0.39 is 0 Å². The van der Waals surface area contributed by atoms with Gasteiger partial charge in [-0.05, 0) is 153 Å². The largest absolute Gasteiger partial charge is 0.378 e. The van der Waals surface area contributed by atoms with Crippen molar-refractivity contribution >= 4 is 86.7 Å². The number of hydrogen-bond donors (Lipinski definition) is 8. The number of hydrogen-bond acceptors (Lipinski definition) is 9. The second-order valence-corrected chi connectivity index (χ2v) is 18.7. The van der Waals surface area contributed by atoms with Gasteiger partial charge in [0.2, 0.25) is 0 Å². The number of nitrogens with zero attached hydrogens (tertiary/aromatic N) is 7. The number of rotatable bonds is 12. The Balaban J connectivity index is 0.737. The van der Waals surface area contributed by atoms with Gasteiger partial charge in [-0.15, -0.1) is 0 Å². The third-order valence-electron chi connectivity index (χ3n) is 12.8. The number of piperidine rings is 1. The Morgan fingerprint density at radius 1 is 0.644 bits per heavy atom. The van der Waals surface area contributed by atoms with Gasteiger partial charge in [-0.3, -0.25) is 25.5 Å². The molecular formula is C53H59N15O3S2. The molecule has 0 aliphatic carbocycles. The van der Waals surface area contributed by atoms with Gasteiger partial charge in [0.1, 0.15) is 0 Å². The van der Waals surface area contributed by atoms with Crippen LogP contribution in [0.3, 0.4) is 0 Å². The number of H-pyrrole nitrogens is 2. The highest BCUT2D eigenvalue weighted by atomic mass is 32.1. The average molecular weight is 1020 g/mol. The van der Waals surface area contributed by atoms with E-state index in [2.05, 4.69) is 64.0 Å². The molecule has 0 saturated carbocycles. The Hall–Kier alpha value is -7.62. The average Bonchev–Trinajstić information content (AvgIpc) is 4.14. The van der Waals surface area contributed by atoms with E-state index in [0.717, 1.165) is 64.9 Å². The fourth-order valence-electron chi connectivity index (χ4n) is 8.87. The minimum Gasteiger partial charge on any atom is -0.378 e. The number of likely N-dealkylation sites (tertiary alicyclic amines) is 1. The topological polar surface area (TPSA) is 214 Å². The molecule has 0 radical (unpaired) electrons. The van der Waals surface area contributed by atoms with Crippen molar-refractivity contribution in [2.75, 3.05) is 94.0 Å². The van der Waals surface area contributed by atoms with Crippen molar-refractivity contribution in [3.63, 3.8) is 0 Å². The lowest BCUT2D eigenvalue weighted by Gasteiger charge is -2.36. The molecule has 0 unspecified atom stereocenters. The van der Waals surface area contributed by atoms with Crippen molar-refractivity contribution < 1.29 is 14.3 Å². The van der Waals surface area contributed by atoms with E-state index in [4.69, 9.17) is 54.7 Å². The van der Waals surface area contributed by atoms with Crippen LogP contribution in [0.5, 0.6) is 0 Å². The highest BCUT2D eigenvalue weighted by Gasteiger charge is 2.27. The Kier molecular flexibility index (Phi) is 16.7. The summed E-state index contributed by atoms with van der Waals surface area (Å²) >= 11 is 11.1. The van der Waals surface area contributed by atoms with Crippen molar-refractivity contribution in [1.82, 2.24) is 34.6 Å². The first-order valence-corrected chi connectivity index (χ1v) is 25.1. The van der Waals surface area contributed by atoms with Crippen LogP contribution in [0.25, 0.3) is 0 Å². The van der Waals surface area contributed by atoms with E-state index in [1.54, 1.807) is 12.4 Å². The van der Waals surface area contributed by atoms with Crippen molar-refractivity contribution in [2.45, 2.75) is 25.4 Å². The first kappa shape index (κ1) is 50.3. The molecular weight excluding hydrogens is 959 g/mol. The molecule has 0 spiro atoms. The minimum atomic E-state index is 0.00931. The third kappa shape index (κ3) is 13.5. The SMILES string of the molecule is CN(Cc1c[nH]c(C(=NC(=N)c2ccc(NC(=S)Nc3ccncc3)cc2)N2CCOCC2)c1)C1CCN(C(=O)c2ccc(NC(=S)Nc3ccc(C(=N)N=C(c4ccc[nH]4)N4CCOCC4)cc3)cc2)CC1. The standard InChI is InChI=1S/C53H59N15O3S2/c1-65(35-36-33-46(58-34-36)50(67-27-31-71-32-28-67)64-48(55)38-6-12-41(13-7-38)60-53(73)62-43-16-21-56-22-17-43)44-18-23-68(24-19-44)51(69)39-8-14-42(15-9-39)61-52(72)59-40-10-4-37(5-11-40)47(54)63-49(45-3-2-20-57-45)66-25-29-70-30-26-66/h2-17,20-22,33-34,44,54-55,57-58H,18-19,23-32,35H2,1H3,(H2,59,61,72)(H2,56,60,62,73). The van der Waals surface area contributed by atoms with Crippen LogP contribution in [-0.2, 0) is 16.0 Å². The van der Waals surface area contributed by atoms with Gasteiger partial charge in [-0.25, -0.2) is 9.98 Å². The number of carbonyl (C=O) groups excluding carboxylic acids is 1. The van der Waals surface area contributed by atoms with Crippen LogP contribution in [0.1, 0.15) is 51.3 Å². The fourth-order valence-corrected chi connectivity index (χ4v) is 9.34. The Labute approximate surface area is 435 Å². The molecule has 18 nitrogen and oxygen atoms in total. The molecule has 3 saturated heterocycles. The number of anilines is 4. The van der Waals surface area contributed by atoms with E-state index in [9.17, 15) is 4.79 Å². The fraction of sp³-hybridized carbons (Fsp3) is 0.283. The number of pyridine rings is 1. The van der Waals surface area contributed by atoms with Crippen molar-refractivity contribution in [3.8, 4) is 0 Å². The third-order valence-corrected chi connectivity index (χ3v) is 13.3. The number of aliphatic imine (C=N–C) groups is 2. The number of thiocarbonyl (C=S) groups is 2. The Bertz CT molecular complexity index is 2910. The van der Waals surface area contributed by atoms with Gasteiger partial charge in [0.15, 0.2) is 33.6 Å². The van der Waals surface area contributed by atoms with Gasteiger partial charge in [-0.2, -0.15) is 0 Å². The number of carbonyl (C=O) groups is 1. The number of amides is 1. The second-order valence-electron chi connectivity index (χ2n) is 17.8. The predicted molar refractivity (Wildman–Crippen MR) is 297 cm³/mol. The molecule has 9 rings (SSSR count). The summed E-state index contributed by atoms with van der Waals surface area (Å²) in [5, 5.41) is 31.3. The van der Waals surface area contributed by atoms with Gasteiger partial charge in [0, 0.05) is 116 Å². The molecule has 20 heteroatoms. The molecule has 0 atom stereocenters. The van der Waals surface area contributed by atoms with Gasteiger partial charge in [0.25, 0.3) is 5.91 Å². The molecule has 3 aromatic carbocycles. The lowest BCUT2D eigenvalue weighted by atomic mass is 10.0. The smallest absolute Gasteiger partial charge is 0.253 e. The number of ether oxygens (including phenoxy) is 2. The number of amidine groups is 4. The molecule has 3 fully saturated rings. The van der Waals surface area contributed by atoms with Gasteiger partial charge >= 0.3 is 0 Å². The van der Waals surface area contributed by atoms with Crippen LogP contribution in [0.4, 0.5) is 22.7 Å². The first-order chi connectivity index (χ1) is 35.6. The van der Waals surface area contributed by atoms with Crippen molar-refractivity contribution in [3.05, 3.63) is 162 Å². The maximum absolute atomic E-state index is 13.7. The number of aromatic nitrogens is 3. The van der Waals surface area contributed by atoms with Crippen LogP contribution in [-0.4, -0.2) is 153 Å². The van der Waals surface area contributed by atoms with E-state index in [1.807, 2.05) is 114 Å². The monoisotopic (exact) mass is 1020 g/mol. The maximum atomic E-state index is 13.7. The molecule has 376 valence electrons. The molecule has 8 N–H and O–H groups in total. The molecule has 0 bridgehead atoms. The summed E-state index contributed by atoms with van der Waals surface area (Å²) in [6.45, 7) is 7.22. The normalized spacial score (nSPS) is 15.7. The van der Waals surface area contributed by atoms with Gasteiger partial charge in [0.05, 0.1) is 37.8 Å². The molecule has 3 aromatic heterocycles. The Morgan fingerprint density at radius 3 is 1.59 bits per heavy atom. The van der Waals surface area contributed by atoms with Crippen LogP contribution in [0.2, 0.25) is 0 Å². The predicted octanol–water partition coefficient (Wildman–Crippen LogP) is 7.30. The number of aromatic amines is 2. The second kappa shape index (κ2) is 24.2. The zero-order valence-electron chi connectivity index (χ0n) is 40.6. The van der Waals surface area contributed by atoms with E-state index in [1.165, 1.54) is 0 Å². The quantitative estimate of drug-likeness (QED) is 0.0344. The van der Waals surface area contributed by atoms with Gasteiger partial charge < -0.3 is 55.4 Å². The molecule has 3 aliphatic heterocycles. The molecule has 6 heterocycles. The lowest BCUT2D eigenvalue weighted by Crippen LogP contribution is -2.45. The number of morpholine rings is 2. The van der Waals surface area contributed by atoms with E-state index >= 15 is 0 Å². The zero-order valence-corrected chi connectivity index (χ0v) is 42.2. The highest BCUT2D eigenvalue weighted by molar-refractivity contribution is 7.81. The summed E-state index contributed by atoms with van der Waals surface area (Å²) in [5.41, 5.74) is 7.95. The van der Waals surface area contributed by atoms with Crippen LogP contribution in [0, 0.1) is 10.8 Å². The number of benzene rings is 3. The van der Waals surface area contributed by atoms with E-state index in [-0.39, 0.29) is 17.6 Å².